The third kappa shape index (κ3) is 3.30. The van der Waals surface area contributed by atoms with Gasteiger partial charge in [0.15, 0.2) is 5.82 Å². The summed E-state index contributed by atoms with van der Waals surface area (Å²) < 4.78 is 10.3. The fourth-order valence-electron chi connectivity index (χ4n) is 1.78. The maximum Gasteiger partial charge on any atom is 0.255 e. The highest BCUT2D eigenvalue weighted by atomic mass is 16.5. The molecule has 0 aliphatic carbocycles. The number of rotatable bonds is 6. The van der Waals surface area contributed by atoms with E-state index in [1.54, 1.807) is 7.11 Å². The first kappa shape index (κ1) is 13.5. The molecule has 0 unspecified atom stereocenters. The zero-order valence-corrected chi connectivity index (χ0v) is 10.7. The Kier molecular flexibility index (Phi) is 4.48. The zero-order valence-electron chi connectivity index (χ0n) is 10.7. The van der Waals surface area contributed by atoms with Gasteiger partial charge in [-0.2, -0.15) is 4.98 Å². The van der Waals surface area contributed by atoms with E-state index in [2.05, 4.69) is 10.1 Å². The summed E-state index contributed by atoms with van der Waals surface area (Å²) in [6, 6.07) is 7.63. The van der Waals surface area contributed by atoms with Crippen LogP contribution in [0.5, 0.6) is 5.75 Å². The number of hydrogen-bond acceptors (Lipinski definition) is 6. The highest BCUT2D eigenvalue weighted by Gasteiger charge is 2.16. The number of aliphatic hydroxyl groups is 1. The molecule has 1 aromatic heterocycles. The number of ether oxygens (including phenoxy) is 1. The van der Waals surface area contributed by atoms with Gasteiger partial charge in [0.2, 0.25) is 0 Å². The van der Waals surface area contributed by atoms with Crippen molar-refractivity contribution in [3.63, 3.8) is 0 Å². The Bertz CT molecular complexity index is 527. The number of nitrogens with zero attached hydrogens (tertiary/aromatic N) is 2. The van der Waals surface area contributed by atoms with Crippen molar-refractivity contribution < 1.29 is 14.4 Å². The first-order valence-electron chi connectivity index (χ1n) is 6.07. The lowest BCUT2D eigenvalue weighted by Gasteiger charge is -2.05. The summed E-state index contributed by atoms with van der Waals surface area (Å²) in [5.41, 5.74) is 6.33. The average Bonchev–Trinajstić information content (AvgIpc) is 2.88. The van der Waals surface area contributed by atoms with Gasteiger partial charge >= 0.3 is 0 Å². The van der Waals surface area contributed by atoms with Crippen LogP contribution in [-0.2, 0) is 6.42 Å². The lowest BCUT2D eigenvalue weighted by atomic mass is 10.1. The van der Waals surface area contributed by atoms with E-state index in [-0.39, 0.29) is 5.89 Å². The minimum Gasteiger partial charge on any atom is -0.496 e. The Hall–Kier alpha value is -1.92. The van der Waals surface area contributed by atoms with Gasteiger partial charge in [-0.05, 0) is 19.0 Å². The second-order valence-corrected chi connectivity index (χ2v) is 4.13. The van der Waals surface area contributed by atoms with E-state index in [4.69, 9.17) is 15.0 Å². The highest BCUT2D eigenvalue weighted by molar-refractivity contribution is 5.35. The summed E-state index contributed by atoms with van der Waals surface area (Å²) >= 11 is 0. The summed E-state index contributed by atoms with van der Waals surface area (Å²) in [5, 5.41) is 13.5. The highest BCUT2D eigenvalue weighted by Crippen LogP contribution is 2.21. The van der Waals surface area contributed by atoms with Crippen LogP contribution in [0.3, 0.4) is 0 Å². The Labute approximate surface area is 111 Å². The molecule has 0 saturated carbocycles. The second kappa shape index (κ2) is 6.31. The Balaban J connectivity index is 2.11. The number of aliphatic hydroxyl groups excluding tert-OH is 1. The minimum absolute atomic E-state index is 0.204. The number of nitrogens with two attached hydrogens (primary N) is 1. The molecule has 1 heterocycles. The first-order chi connectivity index (χ1) is 9.24. The number of para-hydroxylation sites is 1. The molecule has 102 valence electrons. The fraction of sp³-hybridized carbons (Fsp3) is 0.385. The van der Waals surface area contributed by atoms with Gasteiger partial charge in [-0.25, -0.2) is 0 Å². The van der Waals surface area contributed by atoms with Crippen molar-refractivity contribution in [2.45, 2.75) is 18.9 Å². The van der Waals surface area contributed by atoms with Gasteiger partial charge in [0.25, 0.3) is 5.89 Å². The van der Waals surface area contributed by atoms with Crippen LogP contribution in [-0.4, -0.2) is 28.9 Å². The van der Waals surface area contributed by atoms with Crippen LogP contribution in [0.25, 0.3) is 0 Å². The molecule has 0 bridgehead atoms. The van der Waals surface area contributed by atoms with Gasteiger partial charge in [0, 0.05) is 12.0 Å². The average molecular weight is 263 g/mol. The van der Waals surface area contributed by atoms with Gasteiger partial charge in [-0.3, -0.25) is 0 Å². The van der Waals surface area contributed by atoms with Crippen LogP contribution in [0.4, 0.5) is 0 Å². The summed E-state index contributed by atoms with van der Waals surface area (Å²) in [5.74, 6) is 1.49. The van der Waals surface area contributed by atoms with E-state index in [9.17, 15) is 5.11 Å². The number of methoxy groups -OCH3 is 1. The molecule has 1 atom stereocenters. The van der Waals surface area contributed by atoms with Crippen molar-refractivity contribution in [1.82, 2.24) is 10.1 Å². The van der Waals surface area contributed by atoms with Crippen molar-refractivity contribution in [1.29, 1.82) is 0 Å². The second-order valence-electron chi connectivity index (χ2n) is 4.13. The van der Waals surface area contributed by atoms with Gasteiger partial charge in [0.1, 0.15) is 11.9 Å². The Morgan fingerprint density at radius 2 is 2.21 bits per heavy atom. The molecular weight excluding hydrogens is 246 g/mol. The zero-order chi connectivity index (χ0) is 13.7. The molecule has 6 heteroatoms. The minimum atomic E-state index is -0.802. The van der Waals surface area contributed by atoms with Crippen LogP contribution in [0.2, 0.25) is 0 Å². The molecule has 3 N–H and O–H groups in total. The van der Waals surface area contributed by atoms with Crippen LogP contribution in [0.1, 0.15) is 29.8 Å². The summed E-state index contributed by atoms with van der Waals surface area (Å²) in [6.45, 7) is 0.366. The lowest BCUT2D eigenvalue weighted by molar-refractivity contribution is 0.127. The topological polar surface area (TPSA) is 94.4 Å². The van der Waals surface area contributed by atoms with E-state index in [1.807, 2.05) is 24.3 Å². The number of aromatic nitrogens is 2. The molecular formula is C13H17N3O3. The van der Waals surface area contributed by atoms with E-state index < -0.39 is 6.10 Å². The third-order valence-electron chi connectivity index (χ3n) is 2.75. The van der Waals surface area contributed by atoms with Gasteiger partial charge in [-0.15, -0.1) is 0 Å². The molecule has 2 aromatic rings. The van der Waals surface area contributed by atoms with Crippen LogP contribution >= 0.6 is 0 Å². The van der Waals surface area contributed by atoms with Crippen molar-refractivity contribution in [2.24, 2.45) is 5.73 Å². The Morgan fingerprint density at radius 3 is 2.95 bits per heavy atom. The van der Waals surface area contributed by atoms with E-state index in [0.29, 0.717) is 25.2 Å². The molecule has 1 aromatic carbocycles. The lowest BCUT2D eigenvalue weighted by Crippen LogP contribution is -2.07. The van der Waals surface area contributed by atoms with Crippen LogP contribution in [0.15, 0.2) is 28.8 Å². The molecule has 0 spiro atoms. The van der Waals surface area contributed by atoms with Crippen molar-refractivity contribution in [3.8, 4) is 5.75 Å². The molecule has 0 saturated heterocycles. The predicted molar refractivity (Wildman–Crippen MR) is 68.7 cm³/mol. The van der Waals surface area contributed by atoms with E-state index >= 15 is 0 Å². The van der Waals surface area contributed by atoms with Gasteiger partial charge in [-0.1, -0.05) is 23.4 Å². The monoisotopic (exact) mass is 263 g/mol. The summed E-state index contributed by atoms with van der Waals surface area (Å²) in [7, 11) is 1.62. The van der Waals surface area contributed by atoms with Crippen molar-refractivity contribution in [3.05, 3.63) is 41.5 Å². The predicted octanol–water partition coefficient (Wildman–Crippen LogP) is 1.05. The molecule has 0 fully saturated rings. The van der Waals surface area contributed by atoms with E-state index in [0.717, 1.165) is 11.3 Å². The Morgan fingerprint density at radius 1 is 1.42 bits per heavy atom. The molecule has 19 heavy (non-hydrogen) atoms. The summed E-state index contributed by atoms with van der Waals surface area (Å²) in [4.78, 5) is 4.16. The number of benzene rings is 1. The SMILES string of the molecule is COc1ccccc1Cc1noc([C@@H](O)CCN)n1. The van der Waals surface area contributed by atoms with E-state index in [1.165, 1.54) is 0 Å². The van der Waals surface area contributed by atoms with Gasteiger partial charge < -0.3 is 20.1 Å². The molecule has 2 rings (SSSR count). The van der Waals surface area contributed by atoms with Crippen molar-refractivity contribution >= 4 is 0 Å². The van der Waals surface area contributed by atoms with Gasteiger partial charge in [0.05, 0.1) is 7.11 Å². The first-order valence-corrected chi connectivity index (χ1v) is 6.07. The molecule has 0 aliphatic rings. The molecule has 0 radical (unpaired) electrons. The third-order valence-corrected chi connectivity index (χ3v) is 2.75. The van der Waals surface area contributed by atoms with Crippen LogP contribution < -0.4 is 10.5 Å². The molecule has 0 aliphatic heterocycles. The summed E-state index contributed by atoms with van der Waals surface area (Å²) in [6.07, 6.45) is 0.0861. The maximum atomic E-state index is 9.70. The fourth-order valence-corrected chi connectivity index (χ4v) is 1.78. The van der Waals surface area contributed by atoms with Crippen LogP contribution in [0, 0.1) is 0 Å². The normalized spacial score (nSPS) is 12.4. The maximum absolute atomic E-state index is 9.70. The smallest absolute Gasteiger partial charge is 0.255 e. The quantitative estimate of drug-likeness (QED) is 0.809. The standard InChI is InChI=1S/C13H17N3O3/c1-18-11-5-3-2-4-9(11)8-12-15-13(19-16-12)10(17)6-7-14/h2-5,10,17H,6-8,14H2,1H3/t10-/m0/s1. The number of hydrogen-bond donors (Lipinski definition) is 2. The largest absolute Gasteiger partial charge is 0.496 e. The molecule has 6 nitrogen and oxygen atoms in total. The molecule has 0 amide bonds. The van der Waals surface area contributed by atoms with Crippen molar-refractivity contribution in [2.75, 3.05) is 13.7 Å².